The molecule has 23 heavy (non-hydrogen) atoms. The van der Waals surface area contributed by atoms with E-state index in [0.717, 1.165) is 19.5 Å². The van der Waals surface area contributed by atoms with Gasteiger partial charge in [-0.2, -0.15) is 0 Å². The second kappa shape index (κ2) is 7.59. The summed E-state index contributed by atoms with van der Waals surface area (Å²) in [5, 5.41) is 2.76. The van der Waals surface area contributed by atoms with Crippen LogP contribution in [0.4, 0.5) is 0 Å². The highest BCUT2D eigenvalue weighted by molar-refractivity contribution is 5.86. The molecular formula is C16H28N4O3. The zero-order valence-corrected chi connectivity index (χ0v) is 14.0. The molecule has 3 aliphatic rings. The molecule has 7 heteroatoms. The van der Waals surface area contributed by atoms with Gasteiger partial charge < -0.3 is 19.9 Å². The van der Waals surface area contributed by atoms with Crippen molar-refractivity contribution in [1.82, 2.24) is 20.0 Å². The van der Waals surface area contributed by atoms with Crippen LogP contribution in [0.3, 0.4) is 0 Å². The van der Waals surface area contributed by atoms with Gasteiger partial charge in [0.05, 0.1) is 19.2 Å². The molecule has 0 aromatic rings. The molecule has 7 nitrogen and oxygen atoms in total. The van der Waals surface area contributed by atoms with Crippen LogP contribution >= 0.6 is 0 Å². The van der Waals surface area contributed by atoms with Crippen LogP contribution < -0.4 is 5.32 Å². The molecule has 0 aromatic heterocycles. The van der Waals surface area contributed by atoms with Crippen molar-refractivity contribution in [1.29, 1.82) is 0 Å². The zero-order valence-electron chi connectivity index (χ0n) is 14.0. The molecule has 2 amide bonds. The van der Waals surface area contributed by atoms with Gasteiger partial charge in [0.1, 0.15) is 0 Å². The average molecular weight is 324 g/mol. The first-order chi connectivity index (χ1) is 11.2. The third-order valence-corrected chi connectivity index (χ3v) is 5.22. The predicted octanol–water partition coefficient (Wildman–Crippen LogP) is -0.870. The molecule has 0 radical (unpaired) electrons. The lowest BCUT2D eigenvalue weighted by Crippen LogP contribution is -2.53. The van der Waals surface area contributed by atoms with E-state index in [0.29, 0.717) is 25.7 Å². The minimum atomic E-state index is -0.0607. The molecule has 3 heterocycles. The Kier molecular flexibility index (Phi) is 5.50. The number of carbonyl (C=O) groups is 2. The molecular weight excluding hydrogens is 296 g/mol. The summed E-state index contributed by atoms with van der Waals surface area (Å²) < 4.78 is 5.53. The smallest absolute Gasteiger partial charge is 0.239 e. The normalized spacial score (nSPS) is 30.0. The Labute approximate surface area is 137 Å². The molecule has 0 unspecified atom stereocenters. The van der Waals surface area contributed by atoms with Crippen LogP contribution in [0, 0.1) is 0 Å². The second-order valence-corrected chi connectivity index (χ2v) is 6.85. The van der Waals surface area contributed by atoms with Crippen LogP contribution in [-0.4, -0.2) is 98.1 Å². The number of hydrogen-bond donors (Lipinski definition) is 1. The lowest BCUT2D eigenvalue weighted by Gasteiger charge is -2.31. The van der Waals surface area contributed by atoms with E-state index >= 15 is 0 Å². The molecule has 0 spiro atoms. The number of likely N-dealkylation sites (tertiary alicyclic amines) is 2. The largest absolute Gasteiger partial charge is 0.380 e. The molecule has 0 aromatic carbocycles. The summed E-state index contributed by atoms with van der Waals surface area (Å²) in [7, 11) is 1.75. The summed E-state index contributed by atoms with van der Waals surface area (Å²) >= 11 is 0. The molecule has 3 saturated heterocycles. The Bertz CT molecular complexity index is 439. The van der Waals surface area contributed by atoms with Gasteiger partial charge in [0, 0.05) is 39.3 Å². The van der Waals surface area contributed by atoms with Crippen molar-refractivity contribution in [2.75, 3.05) is 59.5 Å². The van der Waals surface area contributed by atoms with Gasteiger partial charge in [0.15, 0.2) is 0 Å². The zero-order chi connectivity index (χ0) is 16.2. The minimum absolute atomic E-state index is 0.0584. The molecule has 3 fully saturated rings. The van der Waals surface area contributed by atoms with E-state index < -0.39 is 0 Å². The summed E-state index contributed by atoms with van der Waals surface area (Å²) in [5.41, 5.74) is 0. The van der Waals surface area contributed by atoms with E-state index in [-0.39, 0.29) is 24.5 Å². The SMILES string of the molecule is CO[C@H]1C[C@@H](CN2CCCC2)N(CC(=O)N2CCNC(=O)C2)C1. The molecule has 0 saturated carbocycles. The van der Waals surface area contributed by atoms with Crippen molar-refractivity contribution in [3.63, 3.8) is 0 Å². The Morgan fingerprint density at radius 1 is 1.30 bits per heavy atom. The van der Waals surface area contributed by atoms with Gasteiger partial charge in [-0.25, -0.2) is 0 Å². The number of amides is 2. The van der Waals surface area contributed by atoms with Gasteiger partial charge in [-0.05, 0) is 32.4 Å². The van der Waals surface area contributed by atoms with E-state index in [1.54, 1.807) is 12.0 Å². The van der Waals surface area contributed by atoms with Gasteiger partial charge in [-0.15, -0.1) is 0 Å². The fraction of sp³-hybridized carbons (Fsp3) is 0.875. The number of rotatable bonds is 5. The van der Waals surface area contributed by atoms with Crippen LogP contribution in [0.25, 0.3) is 0 Å². The lowest BCUT2D eigenvalue weighted by atomic mass is 10.2. The number of methoxy groups -OCH3 is 1. The van der Waals surface area contributed by atoms with Crippen LogP contribution in [0.1, 0.15) is 19.3 Å². The second-order valence-electron chi connectivity index (χ2n) is 6.85. The third-order valence-electron chi connectivity index (χ3n) is 5.22. The van der Waals surface area contributed by atoms with Crippen LogP contribution in [0.5, 0.6) is 0 Å². The first kappa shape index (κ1) is 16.7. The summed E-state index contributed by atoms with van der Waals surface area (Å²) in [6, 6.07) is 0.376. The van der Waals surface area contributed by atoms with E-state index in [1.165, 1.54) is 25.9 Å². The van der Waals surface area contributed by atoms with Crippen molar-refractivity contribution in [3.8, 4) is 0 Å². The minimum Gasteiger partial charge on any atom is -0.380 e. The number of nitrogens with zero attached hydrogens (tertiary/aromatic N) is 3. The van der Waals surface area contributed by atoms with Gasteiger partial charge in [-0.1, -0.05) is 0 Å². The Balaban J connectivity index is 1.56. The molecule has 130 valence electrons. The molecule has 0 bridgehead atoms. The van der Waals surface area contributed by atoms with Crippen molar-refractivity contribution in [3.05, 3.63) is 0 Å². The highest BCUT2D eigenvalue weighted by Gasteiger charge is 2.35. The molecule has 2 atom stereocenters. The predicted molar refractivity (Wildman–Crippen MR) is 86.0 cm³/mol. The fourth-order valence-corrected chi connectivity index (χ4v) is 3.88. The quantitative estimate of drug-likeness (QED) is 0.712. The monoisotopic (exact) mass is 324 g/mol. The van der Waals surface area contributed by atoms with E-state index in [9.17, 15) is 9.59 Å². The maximum Gasteiger partial charge on any atom is 0.239 e. The number of piperazine rings is 1. The summed E-state index contributed by atoms with van der Waals surface area (Å²) in [6.45, 7) is 5.92. The van der Waals surface area contributed by atoms with E-state index in [1.807, 2.05) is 0 Å². The molecule has 3 rings (SSSR count). The summed E-state index contributed by atoms with van der Waals surface area (Å²) in [4.78, 5) is 30.4. The topological polar surface area (TPSA) is 65.1 Å². The number of carbonyl (C=O) groups excluding carboxylic acids is 2. The highest BCUT2D eigenvalue weighted by atomic mass is 16.5. The van der Waals surface area contributed by atoms with Crippen LogP contribution in [-0.2, 0) is 14.3 Å². The molecule has 1 N–H and O–H groups in total. The summed E-state index contributed by atoms with van der Waals surface area (Å²) in [6.07, 6.45) is 3.76. The van der Waals surface area contributed by atoms with Gasteiger partial charge in [-0.3, -0.25) is 14.5 Å². The Hall–Kier alpha value is -1.18. The summed E-state index contributed by atoms with van der Waals surface area (Å²) in [5.74, 6) is -0.00238. The van der Waals surface area contributed by atoms with Crippen molar-refractivity contribution < 1.29 is 14.3 Å². The standard InChI is InChI=1S/C16H28N4O3/c1-23-14-8-13(9-18-5-2-3-6-18)20(10-14)12-16(22)19-7-4-17-15(21)11-19/h13-14H,2-12H2,1H3,(H,17,21)/t13-,14-/m0/s1. The lowest BCUT2D eigenvalue weighted by molar-refractivity contribution is -0.139. The van der Waals surface area contributed by atoms with Crippen LogP contribution in [0.15, 0.2) is 0 Å². The van der Waals surface area contributed by atoms with E-state index in [2.05, 4.69) is 15.1 Å². The van der Waals surface area contributed by atoms with E-state index in [4.69, 9.17) is 4.74 Å². The van der Waals surface area contributed by atoms with Crippen molar-refractivity contribution >= 4 is 11.8 Å². The Morgan fingerprint density at radius 2 is 2.09 bits per heavy atom. The fourth-order valence-electron chi connectivity index (χ4n) is 3.88. The Morgan fingerprint density at radius 3 is 2.78 bits per heavy atom. The number of ether oxygens (including phenoxy) is 1. The first-order valence-corrected chi connectivity index (χ1v) is 8.69. The van der Waals surface area contributed by atoms with Gasteiger partial charge >= 0.3 is 0 Å². The van der Waals surface area contributed by atoms with Crippen molar-refractivity contribution in [2.24, 2.45) is 0 Å². The van der Waals surface area contributed by atoms with Crippen molar-refractivity contribution in [2.45, 2.75) is 31.4 Å². The molecule has 3 aliphatic heterocycles. The highest BCUT2D eigenvalue weighted by Crippen LogP contribution is 2.22. The number of nitrogens with one attached hydrogen (secondary N) is 1. The van der Waals surface area contributed by atoms with Gasteiger partial charge in [0.2, 0.25) is 11.8 Å². The van der Waals surface area contributed by atoms with Gasteiger partial charge in [0.25, 0.3) is 0 Å². The van der Waals surface area contributed by atoms with Crippen LogP contribution in [0.2, 0.25) is 0 Å². The average Bonchev–Trinajstić information content (AvgIpc) is 3.18. The molecule has 0 aliphatic carbocycles. The first-order valence-electron chi connectivity index (χ1n) is 8.69. The maximum atomic E-state index is 12.5. The number of hydrogen-bond acceptors (Lipinski definition) is 5. The maximum absolute atomic E-state index is 12.5. The third kappa shape index (κ3) is 4.22.